The molecular formula is C16H9Br2N. The van der Waals surface area contributed by atoms with E-state index < -0.39 is 0 Å². The molecule has 0 spiro atoms. The van der Waals surface area contributed by atoms with Crippen LogP contribution in [0.4, 0.5) is 0 Å². The van der Waals surface area contributed by atoms with Crippen LogP contribution in [0.2, 0.25) is 0 Å². The van der Waals surface area contributed by atoms with Crippen molar-refractivity contribution >= 4 is 64.4 Å². The van der Waals surface area contributed by atoms with Gasteiger partial charge in [0.2, 0.25) is 0 Å². The zero-order chi connectivity index (χ0) is 13.0. The molecule has 19 heavy (non-hydrogen) atoms. The molecule has 0 saturated carbocycles. The molecule has 0 radical (unpaired) electrons. The lowest BCUT2D eigenvalue weighted by atomic mass is 10.1. The Bertz CT molecular complexity index is 938. The second-order valence-electron chi connectivity index (χ2n) is 4.61. The predicted octanol–water partition coefficient (Wildman–Crippen LogP) is 6.00. The van der Waals surface area contributed by atoms with Gasteiger partial charge in [-0.3, -0.25) is 0 Å². The third-order valence-electron chi connectivity index (χ3n) is 3.55. The summed E-state index contributed by atoms with van der Waals surface area (Å²) in [6.07, 6.45) is 0. The normalized spacial score (nSPS) is 11.7. The van der Waals surface area contributed by atoms with Crippen LogP contribution < -0.4 is 0 Å². The van der Waals surface area contributed by atoms with E-state index in [-0.39, 0.29) is 0 Å². The molecule has 4 aromatic rings. The first-order valence-corrected chi connectivity index (χ1v) is 7.61. The molecule has 3 heteroatoms. The fourth-order valence-corrected chi connectivity index (χ4v) is 3.78. The fourth-order valence-electron chi connectivity index (χ4n) is 2.70. The summed E-state index contributed by atoms with van der Waals surface area (Å²) in [5.41, 5.74) is 2.36. The van der Waals surface area contributed by atoms with Crippen molar-refractivity contribution in [2.75, 3.05) is 0 Å². The number of aromatic amines is 1. The van der Waals surface area contributed by atoms with Crippen LogP contribution in [0.25, 0.3) is 32.6 Å². The Labute approximate surface area is 126 Å². The summed E-state index contributed by atoms with van der Waals surface area (Å²) in [4.78, 5) is 3.54. The molecular weight excluding hydrogens is 366 g/mol. The molecule has 0 aliphatic rings. The zero-order valence-electron chi connectivity index (χ0n) is 9.87. The average molecular weight is 375 g/mol. The Kier molecular flexibility index (Phi) is 2.47. The largest absolute Gasteiger partial charge is 0.354 e. The lowest BCUT2D eigenvalue weighted by Gasteiger charge is -2.02. The first kappa shape index (κ1) is 11.5. The molecule has 0 unspecified atom stereocenters. The third kappa shape index (κ3) is 1.58. The summed E-state index contributed by atoms with van der Waals surface area (Å²) in [7, 11) is 0. The van der Waals surface area contributed by atoms with Gasteiger partial charge in [0.15, 0.2) is 0 Å². The van der Waals surface area contributed by atoms with Gasteiger partial charge in [-0.15, -0.1) is 0 Å². The van der Waals surface area contributed by atoms with E-state index in [0.717, 1.165) is 14.5 Å². The number of hydrogen-bond acceptors (Lipinski definition) is 0. The van der Waals surface area contributed by atoms with Gasteiger partial charge in [0.25, 0.3) is 0 Å². The van der Waals surface area contributed by atoms with E-state index >= 15 is 0 Å². The number of H-pyrrole nitrogens is 1. The number of halogens is 2. The van der Waals surface area contributed by atoms with Gasteiger partial charge >= 0.3 is 0 Å². The Morgan fingerprint density at radius 3 is 2.32 bits per heavy atom. The van der Waals surface area contributed by atoms with Gasteiger partial charge in [-0.05, 0) is 23.6 Å². The van der Waals surface area contributed by atoms with E-state index in [9.17, 15) is 0 Å². The van der Waals surface area contributed by atoms with Crippen molar-refractivity contribution in [3.05, 3.63) is 57.5 Å². The SMILES string of the molecule is Brc1cccc2c1ccc1c2[nH]c2cccc(Br)c21. The van der Waals surface area contributed by atoms with Gasteiger partial charge in [-0.2, -0.15) is 0 Å². The van der Waals surface area contributed by atoms with Crippen molar-refractivity contribution in [3.63, 3.8) is 0 Å². The minimum absolute atomic E-state index is 1.13. The molecule has 0 bridgehead atoms. The number of rotatable bonds is 0. The number of aromatic nitrogens is 1. The van der Waals surface area contributed by atoms with Gasteiger partial charge in [-0.1, -0.05) is 62.2 Å². The standard InChI is InChI=1S/C16H9Br2N/c17-12-4-1-3-10-9(12)7-8-11-15-13(18)5-2-6-14(15)19-16(10)11/h1-8,19H. The summed E-state index contributed by atoms with van der Waals surface area (Å²) in [5, 5.41) is 4.99. The highest BCUT2D eigenvalue weighted by Gasteiger charge is 2.10. The van der Waals surface area contributed by atoms with E-state index in [1.165, 1.54) is 27.1 Å². The van der Waals surface area contributed by atoms with Gasteiger partial charge in [0, 0.05) is 30.6 Å². The summed E-state index contributed by atoms with van der Waals surface area (Å²) < 4.78 is 2.26. The predicted molar refractivity (Wildman–Crippen MR) is 88.7 cm³/mol. The van der Waals surface area contributed by atoms with Gasteiger partial charge in [0.05, 0.1) is 5.52 Å². The van der Waals surface area contributed by atoms with Crippen LogP contribution in [-0.4, -0.2) is 4.98 Å². The Hall–Kier alpha value is -1.32. The maximum Gasteiger partial charge on any atom is 0.0545 e. The van der Waals surface area contributed by atoms with Crippen molar-refractivity contribution < 1.29 is 0 Å². The van der Waals surface area contributed by atoms with Crippen molar-refractivity contribution in [2.24, 2.45) is 0 Å². The highest BCUT2D eigenvalue weighted by Crippen LogP contribution is 2.36. The van der Waals surface area contributed by atoms with E-state index in [1.54, 1.807) is 0 Å². The van der Waals surface area contributed by atoms with Crippen molar-refractivity contribution in [1.82, 2.24) is 4.98 Å². The van der Waals surface area contributed by atoms with Crippen LogP contribution in [0.3, 0.4) is 0 Å². The second-order valence-corrected chi connectivity index (χ2v) is 6.32. The lowest BCUT2D eigenvalue weighted by molar-refractivity contribution is 1.56. The zero-order valence-corrected chi connectivity index (χ0v) is 13.0. The minimum Gasteiger partial charge on any atom is -0.354 e. The molecule has 1 N–H and O–H groups in total. The van der Waals surface area contributed by atoms with Crippen LogP contribution in [0.1, 0.15) is 0 Å². The number of nitrogens with one attached hydrogen (secondary N) is 1. The van der Waals surface area contributed by atoms with Crippen molar-refractivity contribution in [2.45, 2.75) is 0 Å². The van der Waals surface area contributed by atoms with E-state index in [1.807, 2.05) is 0 Å². The van der Waals surface area contributed by atoms with Crippen molar-refractivity contribution in [3.8, 4) is 0 Å². The Morgan fingerprint density at radius 1 is 0.684 bits per heavy atom. The maximum atomic E-state index is 3.65. The smallest absolute Gasteiger partial charge is 0.0545 e. The van der Waals surface area contributed by atoms with E-state index in [4.69, 9.17) is 0 Å². The molecule has 0 atom stereocenters. The minimum atomic E-state index is 1.13. The Morgan fingerprint density at radius 2 is 1.42 bits per heavy atom. The molecule has 0 aliphatic carbocycles. The van der Waals surface area contributed by atoms with E-state index in [0.29, 0.717) is 0 Å². The molecule has 3 aromatic carbocycles. The fraction of sp³-hybridized carbons (Fsp3) is 0. The molecule has 0 amide bonds. The molecule has 0 saturated heterocycles. The molecule has 0 aliphatic heterocycles. The quantitative estimate of drug-likeness (QED) is 0.388. The monoisotopic (exact) mass is 373 g/mol. The Balaban J connectivity index is 2.33. The lowest BCUT2D eigenvalue weighted by Crippen LogP contribution is -1.76. The summed E-state index contributed by atoms with van der Waals surface area (Å²) in [5.74, 6) is 0. The molecule has 1 nitrogen and oxygen atoms in total. The van der Waals surface area contributed by atoms with Crippen LogP contribution in [0.15, 0.2) is 57.5 Å². The van der Waals surface area contributed by atoms with Crippen molar-refractivity contribution in [1.29, 1.82) is 0 Å². The molecule has 1 aromatic heterocycles. The number of benzene rings is 3. The van der Waals surface area contributed by atoms with Crippen LogP contribution >= 0.6 is 31.9 Å². The van der Waals surface area contributed by atoms with Crippen LogP contribution in [0.5, 0.6) is 0 Å². The average Bonchev–Trinajstić information content (AvgIpc) is 2.79. The first-order valence-electron chi connectivity index (χ1n) is 6.03. The summed E-state index contributed by atoms with van der Waals surface area (Å²) in [6, 6.07) is 16.9. The number of hydrogen-bond donors (Lipinski definition) is 1. The van der Waals surface area contributed by atoms with Crippen LogP contribution in [-0.2, 0) is 0 Å². The highest BCUT2D eigenvalue weighted by atomic mass is 79.9. The molecule has 4 rings (SSSR count). The number of fused-ring (bicyclic) bond motifs is 5. The maximum absolute atomic E-state index is 3.65. The van der Waals surface area contributed by atoms with E-state index in [2.05, 4.69) is 85.4 Å². The summed E-state index contributed by atoms with van der Waals surface area (Å²) >= 11 is 7.26. The summed E-state index contributed by atoms with van der Waals surface area (Å²) in [6.45, 7) is 0. The topological polar surface area (TPSA) is 15.8 Å². The first-order chi connectivity index (χ1) is 9.25. The molecule has 92 valence electrons. The third-order valence-corrected chi connectivity index (χ3v) is 4.90. The van der Waals surface area contributed by atoms with Gasteiger partial charge in [-0.25, -0.2) is 0 Å². The van der Waals surface area contributed by atoms with Gasteiger partial charge in [0.1, 0.15) is 0 Å². The molecule has 1 heterocycles. The second kappa shape index (κ2) is 4.09. The highest BCUT2D eigenvalue weighted by molar-refractivity contribution is 9.11. The molecule has 0 fully saturated rings. The van der Waals surface area contributed by atoms with Crippen LogP contribution in [0, 0.1) is 0 Å². The van der Waals surface area contributed by atoms with Gasteiger partial charge < -0.3 is 4.98 Å².